The van der Waals surface area contributed by atoms with Gasteiger partial charge in [-0.25, -0.2) is 9.97 Å². The average molecular weight is 608 g/mol. The highest BCUT2D eigenvalue weighted by Crippen LogP contribution is 2.37. The van der Waals surface area contributed by atoms with E-state index in [4.69, 9.17) is 19.4 Å². The third-order valence-corrected chi connectivity index (χ3v) is 9.02. The smallest absolute Gasteiger partial charge is 0.224 e. The van der Waals surface area contributed by atoms with Crippen LogP contribution in [-0.2, 0) is 6.54 Å². The first-order valence-corrected chi connectivity index (χ1v) is 15.5. The summed E-state index contributed by atoms with van der Waals surface area (Å²) in [6.45, 7) is 5.39. The maximum atomic E-state index is 10.2. The van der Waals surface area contributed by atoms with E-state index in [1.165, 1.54) is 0 Å². The molecule has 1 saturated carbocycles. The van der Waals surface area contributed by atoms with E-state index in [9.17, 15) is 10.2 Å². The molecule has 2 aliphatic rings. The lowest BCUT2D eigenvalue weighted by molar-refractivity contribution is 0.148. The lowest BCUT2D eigenvalue weighted by Gasteiger charge is -2.18. The van der Waals surface area contributed by atoms with Gasteiger partial charge in [0, 0.05) is 29.3 Å². The lowest BCUT2D eigenvalue weighted by atomic mass is 9.89. The second-order valence-corrected chi connectivity index (χ2v) is 11.8. The van der Waals surface area contributed by atoms with Gasteiger partial charge in [0.2, 0.25) is 11.8 Å². The number of hydrogen-bond donors (Lipinski definition) is 4. The highest BCUT2D eigenvalue weighted by molar-refractivity contribution is 6.02. The number of rotatable bonds is 10. The number of methoxy groups -OCH3 is 2. The molecular formula is C36H41N5O4. The highest BCUT2D eigenvalue weighted by Gasteiger charge is 2.25. The van der Waals surface area contributed by atoms with Crippen LogP contribution in [0.25, 0.3) is 33.6 Å². The van der Waals surface area contributed by atoms with Gasteiger partial charge in [-0.2, -0.15) is 0 Å². The number of aliphatic hydroxyl groups excluding tert-OH is 2. The molecule has 4 aromatic rings. The minimum atomic E-state index is -0.294. The average Bonchev–Trinajstić information content (AvgIpc) is 3.72. The van der Waals surface area contributed by atoms with Crippen LogP contribution in [0.5, 0.6) is 11.8 Å². The van der Waals surface area contributed by atoms with E-state index in [2.05, 4.69) is 71.9 Å². The molecule has 9 nitrogen and oxygen atoms in total. The van der Waals surface area contributed by atoms with Crippen molar-refractivity contribution in [3.63, 3.8) is 0 Å². The Hall–Kier alpha value is -4.31. The van der Waals surface area contributed by atoms with E-state index in [-0.39, 0.29) is 24.8 Å². The number of pyridine rings is 2. The molecule has 0 bridgehead atoms. The summed E-state index contributed by atoms with van der Waals surface area (Å²) >= 11 is 0. The van der Waals surface area contributed by atoms with Crippen molar-refractivity contribution in [2.45, 2.75) is 57.8 Å². The molecular weight excluding hydrogens is 566 g/mol. The molecule has 9 heteroatoms. The van der Waals surface area contributed by atoms with Gasteiger partial charge >= 0.3 is 0 Å². The van der Waals surface area contributed by atoms with Gasteiger partial charge in [0.05, 0.1) is 56.5 Å². The standard InChI is InChI=1S/C36H41N5O4/c1-21-25(8-5-10-27(21)30-16-14-23(35(40-30)44-3)18-37-32-12-7-13-33(32)43)26-9-6-11-28(22(26)2)31-17-15-29(36(41-31)45-4)34-38-19-24(20-42)39-34/h5-6,8-11,14-17,24,32-33,37,42-43H,7,12-13,18-20H2,1-4H3,(H,38,39)/t24-,32+,33-/m0/s1. The van der Waals surface area contributed by atoms with Gasteiger partial charge in [-0.15, -0.1) is 0 Å². The van der Waals surface area contributed by atoms with E-state index >= 15 is 0 Å². The molecule has 2 aromatic carbocycles. The first-order chi connectivity index (χ1) is 21.9. The number of amidine groups is 1. The molecule has 1 aliphatic heterocycles. The first-order valence-electron chi connectivity index (χ1n) is 15.5. The van der Waals surface area contributed by atoms with Crippen LogP contribution in [0.1, 0.15) is 41.5 Å². The normalized spacial score (nSPS) is 19.3. The van der Waals surface area contributed by atoms with Gasteiger partial charge in [-0.05, 0) is 73.6 Å². The van der Waals surface area contributed by atoms with Crippen molar-refractivity contribution in [2.75, 3.05) is 27.4 Å². The first kappa shape index (κ1) is 30.7. The Morgan fingerprint density at radius 3 is 2.00 bits per heavy atom. The third-order valence-electron chi connectivity index (χ3n) is 9.02. The fourth-order valence-corrected chi connectivity index (χ4v) is 6.44. The molecule has 4 N–H and O–H groups in total. The zero-order chi connectivity index (χ0) is 31.5. The Morgan fingerprint density at radius 2 is 1.42 bits per heavy atom. The number of nitrogens with zero attached hydrogens (tertiary/aromatic N) is 3. The Balaban J connectivity index is 1.29. The largest absolute Gasteiger partial charge is 0.481 e. The summed E-state index contributed by atoms with van der Waals surface area (Å²) in [5, 5.41) is 26.4. The number of aromatic nitrogens is 2. The van der Waals surface area contributed by atoms with Crippen molar-refractivity contribution in [3.05, 3.63) is 82.9 Å². The number of ether oxygens (including phenoxy) is 2. The molecule has 0 radical (unpaired) electrons. The second kappa shape index (κ2) is 13.4. The Labute approximate surface area is 264 Å². The van der Waals surface area contributed by atoms with Crippen molar-refractivity contribution in [2.24, 2.45) is 4.99 Å². The van der Waals surface area contributed by atoms with Crippen LogP contribution in [0.3, 0.4) is 0 Å². The van der Waals surface area contributed by atoms with E-state index in [1.807, 2.05) is 18.2 Å². The molecule has 0 amide bonds. The number of hydrogen-bond acceptors (Lipinski definition) is 9. The molecule has 234 valence electrons. The number of benzene rings is 2. The summed E-state index contributed by atoms with van der Waals surface area (Å²) in [6, 6.07) is 20.7. The quantitative estimate of drug-likeness (QED) is 0.203. The lowest BCUT2D eigenvalue weighted by Crippen LogP contribution is -2.35. The van der Waals surface area contributed by atoms with Crippen LogP contribution in [0, 0.1) is 13.8 Å². The van der Waals surface area contributed by atoms with Gasteiger partial charge < -0.3 is 30.3 Å². The monoisotopic (exact) mass is 607 g/mol. The number of nitrogens with one attached hydrogen (secondary N) is 2. The van der Waals surface area contributed by atoms with Crippen LogP contribution in [-0.4, -0.2) is 71.6 Å². The summed E-state index contributed by atoms with van der Waals surface area (Å²) in [5.41, 5.74) is 9.92. The third kappa shape index (κ3) is 6.16. The van der Waals surface area contributed by atoms with Gasteiger partial charge in [0.25, 0.3) is 0 Å². The maximum absolute atomic E-state index is 10.2. The fraction of sp³-hybridized carbons (Fsp3) is 0.361. The van der Waals surface area contributed by atoms with Crippen molar-refractivity contribution >= 4 is 5.84 Å². The van der Waals surface area contributed by atoms with Gasteiger partial charge in [0.15, 0.2) is 0 Å². The van der Waals surface area contributed by atoms with Crippen molar-refractivity contribution < 1.29 is 19.7 Å². The van der Waals surface area contributed by atoms with Crippen molar-refractivity contribution in [1.82, 2.24) is 20.6 Å². The molecule has 1 fully saturated rings. The predicted molar refractivity (Wildman–Crippen MR) is 177 cm³/mol. The minimum Gasteiger partial charge on any atom is -0.481 e. The van der Waals surface area contributed by atoms with E-state index < -0.39 is 0 Å². The molecule has 0 spiro atoms. The van der Waals surface area contributed by atoms with E-state index in [1.54, 1.807) is 14.2 Å². The summed E-state index contributed by atoms with van der Waals surface area (Å²) in [7, 11) is 3.26. The second-order valence-electron chi connectivity index (χ2n) is 11.8. The van der Waals surface area contributed by atoms with E-state index in [0.717, 1.165) is 75.2 Å². The fourth-order valence-electron chi connectivity index (χ4n) is 6.44. The number of aliphatic imine (C=N–C) groups is 1. The topological polar surface area (TPSA) is 121 Å². The molecule has 2 aromatic heterocycles. The predicted octanol–water partition coefficient (Wildman–Crippen LogP) is 4.83. The van der Waals surface area contributed by atoms with Crippen LogP contribution >= 0.6 is 0 Å². The highest BCUT2D eigenvalue weighted by atomic mass is 16.5. The van der Waals surface area contributed by atoms with Crippen LogP contribution < -0.4 is 20.1 Å². The molecule has 45 heavy (non-hydrogen) atoms. The van der Waals surface area contributed by atoms with E-state index in [0.29, 0.717) is 30.7 Å². The zero-order valence-electron chi connectivity index (χ0n) is 26.3. The maximum Gasteiger partial charge on any atom is 0.224 e. The minimum absolute atomic E-state index is 0.0198. The summed E-state index contributed by atoms with van der Waals surface area (Å²) in [4.78, 5) is 14.3. The molecule has 1 aliphatic carbocycles. The van der Waals surface area contributed by atoms with Crippen molar-refractivity contribution in [1.29, 1.82) is 0 Å². The van der Waals surface area contributed by atoms with Crippen LogP contribution in [0.4, 0.5) is 0 Å². The van der Waals surface area contributed by atoms with Gasteiger partial charge in [-0.1, -0.05) is 42.5 Å². The molecule has 3 heterocycles. The molecule has 3 atom stereocenters. The summed E-state index contributed by atoms with van der Waals surface area (Å²) in [6.07, 6.45) is 2.58. The van der Waals surface area contributed by atoms with Gasteiger partial charge in [-0.3, -0.25) is 4.99 Å². The zero-order valence-corrected chi connectivity index (χ0v) is 26.3. The Kier molecular flexibility index (Phi) is 9.11. The Bertz CT molecular complexity index is 1720. The number of aliphatic hydroxyl groups is 2. The summed E-state index contributed by atoms with van der Waals surface area (Å²) < 4.78 is 11.4. The molecule has 6 rings (SSSR count). The Morgan fingerprint density at radius 1 is 0.800 bits per heavy atom. The van der Waals surface area contributed by atoms with Gasteiger partial charge in [0.1, 0.15) is 5.84 Å². The summed E-state index contributed by atoms with van der Waals surface area (Å²) in [5.74, 6) is 1.76. The van der Waals surface area contributed by atoms with Crippen LogP contribution in [0.15, 0.2) is 65.7 Å². The SMILES string of the molecule is COc1nc(-c2cccc(-c3cccc(-c4ccc(C5=NC[C@@H](CO)N5)c(OC)n4)c3C)c2C)ccc1CN[C@@H]1CCC[C@@H]1O. The van der Waals surface area contributed by atoms with Crippen LogP contribution in [0.2, 0.25) is 0 Å². The molecule has 0 unspecified atom stereocenters. The van der Waals surface area contributed by atoms with Crippen molar-refractivity contribution in [3.8, 4) is 45.4 Å². The molecule has 0 saturated heterocycles.